The molecule has 0 spiro atoms. The van der Waals surface area contributed by atoms with Crippen LogP contribution >= 0.6 is 0 Å². The second kappa shape index (κ2) is 7.35. The zero-order valence-corrected chi connectivity index (χ0v) is 15.8. The number of ether oxygens (including phenoxy) is 1. The Balaban J connectivity index is 1.56. The number of fused-ring (bicyclic) bond motifs is 1. The fraction of sp³-hybridized carbons (Fsp3) is 0.217. The molecule has 0 unspecified atom stereocenters. The van der Waals surface area contributed by atoms with Crippen molar-refractivity contribution in [3.8, 4) is 0 Å². The van der Waals surface area contributed by atoms with E-state index in [1.165, 1.54) is 0 Å². The molecule has 3 aromatic rings. The van der Waals surface area contributed by atoms with Crippen molar-refractivity contribution < 1.29 is 18.7 Å². The first-order valence-electron chi connectivity index (χ1n) is 9.21. The Hall–Kier alpha value is -3.34. The second-order valence-corrected chi connectivity index (χ2v) is 7.05. The SMILES string of the molecule is Cc1ccc(CN(C)C(=O)c2ccc3c(c2)C[C@H](c2ccccc2)OC3=O)o1. The highest BCUT2D eigenvalue weighted by Crippen LogP contribution is 2.31. The molecule has 5 heteroatoms. The van der Waals surface area contributed by atoms with Gasteiger partial charge in [-0.1, -0.05) is 30.3 Å². The summed E-state index contributed by atoms with van der Waals surface area (Å²) in [6, 6.07) is 18.6. The number of carbonyl (C=O) groups is 2. The molecule has 2 aromatic carbocycles. The lowest BCUT2D eigenvalue weighted by Gasteiger charge is -2.25. The number of aryl methyl sites for hydroxylation is 1. The molecule has 0 saturated heterocycles. The lowest BCUT2D eigenvalue weighted by atomic mass is 9.93. The predicted molar refractivity (Wildman–Crippen MR) is 104 cm³/mol. The third kappa shape index (κ3) is 3.56. The maximum absolute atomic E-state index is 12.8. The molecular weight excluding hydrogens is 354 g/mol. The third-order valence-corrected chi connectivity index (χ3v) is 4.93. The van der Waals surface area contributed by atoms with Crippen LogP contribution < -0.4 is 0 Å². The van der Waals surface area contributed by atoms with Crippen molar-refractivity contribution in [3.05, 3.63) is 94.4 Å². The second-order valence-electron chi connectivity index (χ2n) is 7.05. The van der Waals surface area contributed by atoms with Crippen molar-refractivity contribution in [2.75, 3.05) is 7.05 Å². The van der Waals surface area contributed by atoms with Gasteiger partial charge in [0.2, 0.25) is 0 Å². The molecule has 1 aliphatic heterocycles. The molecule has 28 heavy (non-hydrogen) atoms. The lowest BCUT2D eigenvalue weighted by Crippen LogP contribution is -2.27. The normalized spacial score (nSPS) is 15.6. The van der Waals surface area contributed by atoms with E-state index < -0.39 is 0 Å². The van der Waals surface area contributed by atoms with E-state index in [0.717, 1.165) is 22.6 Å². The Bertz CT molecular complexity index is 1020. The first-order valence-corrected chi connectivity index (χ1v) is 9.21. The van der Waals surface area contributed by atoms with Gasteiger partial charge in [-0.2, -0.15) is 0 Å². The quantitative estimate of drug-likeness (QED) is 0.638. The fourth-order valence-corrected chi connectivity index (χ4v) is 3.48. The number of hydrogen-bond acceptors (Lipinski definition) is 4. The number of cyclic esters (lactones) is 1. The van der Waals surface area contributed by atoms with E-state index in [4.69, 9.17) is 9.15 Å². The van der Waals surface area contributed by atoms with Crippen LogP contribution in [-0.4, -0.2) is 23.8 Å². The van der Waals surface area contributed by atoms with Crippen LogP contribution in [0.15, 0.2) is 65.1 Å². The van der Waals surface area contributed by atoms with Crippen LogP contribution in [0.5, 0.6) is 0 Å². The summed E-state index contributed by atoms with van der Waals surface area (Å²) in [4.78, 5) is 26.8. The maximum atomic E-state index is 12.8. The molecule has 4 rings (SSSR count). The van der Waals surface area contributed by atoms with Gasteiger partial charge in [0.05, 0.1) is 12.1 Å². The molecule has 5 nitrogen and oxygen atoms in total. The van der Waals surface area contributed by atoms with Crippen molar-refractivity contribution >= 4 is 11.9 Å². The minimum absolute atomic E-state index is 0.118. The van der Waals surface area contributed by atoms with E-state index in [1.807, 2.05) is 49.4 Å². The van der Waals surface area contributed by atoms with E-state index in [9.17, 15) is 9.59 Å². The van der Waals surface area contributed by atoms with Crippen molar-refractivity contribution in [3.63, 3.8) is 0 Å². The number of rotatable bonds is 4. The summed E-state index contributed by atoms with van der Waals surface area (Å²) in [5, 5.41) is 0. The number of furan rings is 1. The molecule has 0 aliphatic carbocycles. The third-order valence-electron chi connectivity index (χ3n) is 4.93. The first kappa shape index (κ1) is 18.0. The van der Waals surface area contributed by atoms with Gasteiger partial charge in [-0.25, -0.2) is 4.79 Å². The van der Waals surface area contributed by atoms with Gasteiger partial charge in [0, 0.05) is 19.0 Å². The molecule has 1 atom stereocenters. The van der Waals surface area contributed by atoms with E-state index in [2.05, 4.69) is 0 Å². The van der Waals surface area contributed by atoms with Crippen LogP contribution in [-0.2, 0) is 17.7 Å². The number of hydrogen-bond donors (Lipinski definition) is 0. The number of amides is 1. The van der Waals surface area contributed by atoms with Gasteiger partial charge in [-0.05, 0) is 48.4 Å². The number of benzene rings is 2. The van der Waals surface area contributed by atoms with Gasteiger partial charge in [0.15, 0.2) is 0 Å². The summed E-state index contributed by atoms with van der Waals surface area (Å²) in [6.45, 7) is 2.26. The van der Waals surface area contributed by atoms with Crippen LogP contribution in [0.1, 0.15) is 49.5 Å². The average molecular weight is 375 g/mol. The first-order chi connectivity index (χ1) is 13.5. The topological polar surface area (TPSA) is 59.8 Å². The molecule has 0 saturated carbocycles. The lowest BCUT2D eigenvalue weighted by molar-refractivity contribution is 0.0252. The van der Waals surface area contributed by atoms with Crippen LogP contribution in [0.25, 0.3) is 0 Å². The number of carbonyl (C=O) groups excluding carboxylic acids is 2. The van der Waals surface area contributed by atoms with E-state index in [1.54, 1.807) is 30.1 Å². The van der Waals surface area contributed by atoms with Crippen molar-refractivity contribution in [1.29, 1.82) is 0 Å². The van der Waals surface area contributed by atoms with Crippen molar-refractivity contribution in [2.45, 2.75) is 26.0 Å². The van der Waals surface area contributed by atoms with Crippen LogP contribution in [0.2, 0.25) is 0 Å². The van der Waals surface area contributed by atoms with Gasteiger partial charge in [0.25, 0.3) is 5.91 Å². The standard InChI is InChI=1S/C23H21NO4/c1-15-8-10-19(27-15)14-24(2)22(25)17-9-11-20-18(12-17)13-21(28-23(20)26)16-6-4-3-5-7-16/h3-12,21H,13-14H2,1-2H3/t21-/m1/s1. The molecule has 0 fully saturated rings. The summed E-state index contributed by atoms with van der Waals surface area (Å²) in [6.07, 6.45) is 0.211. The summed E-state index contributed by atoms with van der Waals surface area (Å²) < 4.78 is 11.1. The molecule has 1 aliphatic rings. The Morgan fingerprint density at radius 1 is 1.11 bits per heavy atom. The monoisotopic (exact) mass is 375 g/mol. The molecular formula is C23H21NO4. The highest BCUT2D eigenvalue weighted by Gasteiger charge is 2.28. The Kier molecular flexibility index (Phi) is 4.74. The zero-order chi connectivity index (χ0) is 19.7. The predicted octanol–water partition coefficient (Wildman–Crippen LogP) is 4.31. The largest absolute Gasteiger partial charge is 0.464 e. The Labute approximate surface area is 163 Å². The van der Waals surface area contributed by atoms with Crippen LogP contribution in [0.4, 0.5) is 0 Å². The number of nitrogens with zero attached hydrogens (tertiary/aromatic N) is 1. The minimum Gasteiger partial charge on any atom is -0.464 e. The van der Waals surface area contributed by atoms with E-state index >= 15 is 0 Å². The average Bonchev–Trinajstić information content (AvgIpc) is 3.12. The smallest absolute Gasteiger partial charge is 0.339 e. The van der Waals surface area contributed by atoms with Crippen LogP contribution in [0.3, 0.4) is 0 Å². The van der Waals surface area contributed by atoms with E-state index in [0.29, 0.717) is 24.1 Å². The van der Waals surface area contributed by atoms with Gasteiger partial charge in [0.1, 0.15) is 17.6 Å². The van der Waals surface area contributed by atoms with Gasteiger partial charge < -0.3 is 14.1 Å². The molecule has 142 valence electrons. The molecule has 0 radical (unpaired) electrons. The summed E-state index contributed by atoms with van der Waals surface area (Å²) in [5.74, 6) is 1.08. The molecule has 0 bridgehead atoms. The van der Waals surface area contributed by atoms with Gasteiger partial charge in [-0.15, -0.1) is 0 Å². The molecule has 2 heterocycles. The molecule has 1 aromatic heterocycles. The van der Waals surface area contributed by atoms with Crippen molar-refractivity contribution in [2.24, 2.45) is 0 Å². The van der Waals surface area contributed by atoms with Gasteiger partial charge >= 0.3 is 5.97 Å². The highest BCUT2D eigenvalue weighted by atomic mass is 16.5. The summed E-state index contributed by atoms with van der Waals surface area (Å²) in [7, 11) is 1.74. The van der Waals surface area contributed by atoms with Gasteiger partial charge in [-0.3, -0.25) is 4.79 Å². The Morgan fingerprint density at radius 2 is 1.89 bits per heavy atom. The maximum Gasteiger partial charge on any atom is 0.339 e. The minimum atomic E-state index is -0.353. The summed E-state index contributed by atoms with van der Waals surface area (Å²) in [5.41, 5.74) is 2.85. The fourth-order valence-electron chi connectivity index (χ4n) is 3.48. The zero-order valence-electron chi connectivity index (χ0n) is 15.8. The highest BCUT2D eigenvalue weighted by molar-refractivity contribution is 5.97. The Morgan fingerprint density at radius 3 is 2.61 bits per heavy atom. The summed E-state index contributed by atoms with van der Waals surface area (Å²) >= 11 is 0. The van der Waals surface area contributed by atoms with Crippen LogP contribution in [0, 0.1) is 6.92 Å². The molecule has 0 N–H and O–H groups in total. The number of esters is 1. The molecule has 1 amide bonds. The van der Waals surface area contributed by atoms with Crippen molar-refractivity contribution in [1.82, 2.24) is 4.90 Å². The van der Waals surface area contributed by atoms with E-state index in [-0.39, 0.29) is 18.0 Å².